The monoisotopic (exact) mass is 464 g/mol. The lowest BCUT2D eigenvalue weighted by atomic mass is 10.0. The molecule has 0 saturated carbocycles. The van der Waals surface area contributed by atoms with Crippen LogP contribution in [0.15, 0.2) is 12.5 Å². The van der Waals surface area contributed by atoms with Crippen LogP contribution in [0.5, 0.6) is 0 Å². The molecular formula is C22H36N6O5. The van der Waals surface area contributed by atoms with Gasteiger partial charge in [-0.15, -0.1) is 0 Å². The van der Waals surface area contributed by atoms with E-state index in [2.05, 4.69) is 31.2 Å². The van der Waals surface area contributed by atoms with Gasteiger partial charge >= 0.3 is 5.97 Å². The highest BCUT2D eigenvalue weighted by Gasteiger charge is 2.32. The number of carboxylic acid groups (broad SMARTS) is 1. The Morgan fingerprint density at radius 2 is 1.79 bits per heavy atom. The summed E-state index contributed by atoms with van der Waals surface area (Å²) in [5.74, 6) is -2.73. The van der Waals surface area contributed by atoms with Crippen LogP contribution in [0.4, 0.5) is 0 Å². The van der Waals surface area contributed by atoms with Crippen LogP contribution in [0, 0.1) is 11.8 Å². The molecule has 0 spiro atoms. The van der Waals surface area contributed by atoms with Crippen LogP contribution in [-0.4, -0.2) is 69.5 Å². The van der Waals surface area contributed by atoms with Gasteiger partial charge in [-0.05, 0) is 37.6 Å². The van der Waals surface area contributed by atoms with Crippen molar-refractivity contribution in [2.24, 2.45) is 11.8 Å². The number of aromatic amines is 1. The van der Waals surface area contributed by atoms with E-state index in [1.54, 1.807) is 13.8 Å². The van der Waals surface area contributed by atoms with Gasteiger partial charge in [-0.25, -0.2) is 9.78 Å². The Labute approximate surface area is 193 Å². The lowest BCUT2D eigenvalue weighted by molar-refractivity contribution is -0.143. The summed E-state index contributed by atoms with van der Waals surface area (Å²) in [5, 5.41) is 20.6. The van der Waals surface area contributed by atoms with Crippen molar-refractivity contribution in [2.45, 2.75) is 77.5 Å². The number of nitrogens with one attached hydrogen (secondary N) is 5. The normalized spacial score (nSPS) is 18.5. The number of aromatic nitrogens is 2. The molecule has 1 aromatic heterocycles. The Morgan fingerprint density at radius 1 is 1.09 bits per heavy atom. The lowest BCUT2D eigenvalue weighted by Gasteiger charge is -2.26. The average Bonchev–Trinajstić information content (AvgIpc) is 3.44. The number of amides is 3. The number of hydrogen-bond acceptors (Lipinski definition) is 6. The van der Waals surface area contributed by atoms with Crippen molar-refractivity contribution in [2.75, 3.05) is 6.54 Å². The predicted molar refractivity (Wildman–Crippen MR) is 121 cm³/mol. The molecule has 1 aliphatic rings. The van der Waals surface area contributed by atoms with E-state index in [-0.39, 0.29) is 30.2 Å². The van der Waals surface area contributed by atoms with Crippen LogP contribution < -0.4 is 21.3 Å². The minimum atomic E-state index is -1.15. The fourth-order valence-corrected chi connectivity index (χ4v) is 3.75. The first kappa shape index (κ1) is 26.3. The van der Waals surface area contributed by atoms with E-state index in [1.165, 1.54) is 12.5 Å². The molecule has 6 N–H and O–H groups in total. The maximum Gasteiger partial charge on any atom is 0.326 e. The largest absolute Gasteiger partial charge is 0.480 e. The number of carbonyl (C=O) groups is 4. The SMILES string of the molecule is CC(C)CC(NC(=O)C1CCCN1)C(=O)NC(Cc1cnc[nH]1)C(=O)NC(C(=O)O)C(C)C. The number of nitrogens with zero attached hydrogens (tertiary/aromatic N) is 1. The number of rotatable bonds is 12. The minimum absolute atomic E-state index is 0.0918. The smallest absolute Gasteiger partial charge is 0.326 e. The Kier molecular flexibility index (Phi) is 9.83. The summed E-state index contributed by atoms with van der Waals surface area (Å²) in [6.45, 7) is 8.01. The van der Waals surface area contributed by atoms with Gasteiger partial charge in [0.25, 0.3) is 0 Å². The van der Waals surface area contributed by atoms with E-state index in [0.29, 0.717) is 18.5 Å². The molecule has 184 valence electrons. The molecule has 1 aliphatic heterocycles. The topological polar surface area (TPSA) is 165 Å². The van der Waals surface area contributed by atoms with Crippen molar-refractivity contribution in [3.8, 4) is 0 Å². The molecule has 0 aliphatic carbocycles. The van der Waals surface area contributed by atoms with Crippen LogP contribution >= 0.6 is 0 Å². The third-order valence-electron chi connectivity index (χ3n) is 5.56. The summed E-state index contributed by atoms with van der Waals surface area (Å²) >= 11 is 0. The summed E-state index contributed by atoms with van der Waals surface area (Å²) in [6.07, 6.45) is 5.07. The molecule has 1 saturated heterocycles. The molecule has 4 atom stereocenters. The second-order valence-electron chi connectivity index (χ2n) is 9.25. The maximum absolute atomic E-state index is 13.2. The molecule has 4 unspecified atom stereocenters. The van der Waals surface area contributed by atoms with Crippen LogP contribution in [-0.2, 0) is 25.6 Å². The Morgan fingerprint density at radius 3 is 2.30 bits per heavy atom. The van der Waals surface area contributed by atoms with Crippen molar-refractivity contribution in [1.29, 1.82) is 0 Å². The van der Waals surface area contributed by atoms with Gasteiger partial charge in [0, 0.05) is 18.3 Å². The van der Waals surface area contributed by atoms with Gasteiger partial charge in [0.15, 0.2) is 0 Å². The molecule has 2 rings (SSSR count). The first-order valence-corrected chi connectivity index (χ1v) is 11.4. The number of carbonyl (C=O) groups excluding carboxylic acids is 3. The number of imidazole rings is 1. The minimum Gasteiger partial charge on any atom is -0.480 e. The number of carboxylic acids is 1. The highest BCUT2D eigenvalue weighted by molar-refractivity contribution is 5.94. The van der Waals surface area contributed by atoms with Crippen LogP contribution in [0.1, 0.15) is 52.7 Å². The van der Waals surface area contributed by atoms with Gasteiger partial charge in [-0.2, -0.15) is 0 Å². The second kappa shape index (κ2) is 12.3. The summed E-state index contributed by atoms with van der Waals surface area (Å²) in [4.78, 5) is 57.1. The zero-order valence-corrected chi connectivity index (χ0v) is 19.7. The highest BCUT2D eigenvalue weighted by atomic mass is 16.4. The number of H-pyrrole nitrogens is 1. The Bertz CT molecular complexity index is 804. The zero-order valence-electron chi connectivity index (χ0n) is 19.7. The fourth-order valence-electron chi connectivity index (χ4n) is 3.75. The van der Waals surface area contributed by atoms with Crippen LogP contribution in [0.25, 0.3) is 0 Å². The van der Waals surface area contributed by atoms with Gasteiger partial charge in [0.2, 0.25) is 17.7 Å². The first-order valence-electron chi connectivity index (χ1n) is 11.4. The average molecular weight is 465 g/mol. The van der Waals surface area contributed by atoms with E-state index in [0.717, 1.165) is 13.0 Å². The van der Waals surface area contributed by atoms with E-state index < -0.39 is 35.9 Å². The van der Waals surface area contributed by atoms with E-state index >= 15 is 0 Å². The fraction of sp³-hybridized carbons (Fsp3) is 0.682. The van der Waals surface area contributed by atoms with Crippen molar-refractivity contribution in [1.82, 2.24) is 31.2 Å². The van der Waals surface area contributed by atoms with Crippen molar-refractivity contribution >= 4 is 23.7 Å². The third kappa shape index (κ3) is 8.16. The van der Waals surface area contributed by atoms with Crippen LogP contribution in [0.2, 0.25) is 0 Å². The highest BCUT2D eigenvalue weighted by Crippen LogP contribution is 2.10. The van der Waals surface area contributed by atoms with Gasteiger partial charge in [-0.3, -0.25) is 14.4 Å². The molecule has 0 radical (unpaired) electrons. The molecule has 11 nitrogen and oxygen atoms in total. The molecule has 1 fully saturated rings. The Hall–Kier alpha value is -2.95. The van der Waals surface area contributed by atoms with Crippen molar-refractivity contribution < 1.29 is 24.3 Å². The summed E-state index contributed by atoms with van der Waals surface area (Å²) in [7, 11) is 0. The van der Waals surface area contributed by atoms with Crippen molar-refractivity contribution in [3.63, 3.8) is 0 Å². The summed E-state index contributed by atoms with van der Waals surface area (Å²) < 4.78 is 0. The van der Waals surface area contributed by atoms with E-state index in [4.69, 9.17) is 0 Å². The summed E-state index contributed by atoms with van der Waals surface area (Å²) in [6, 6.07) is -3.30. The molecule has 3 amide bonds. The molecule has 11 heteroatoms. The maximum atomic E-state index is 13.2. The quantitative estimate of drug-likeness (QED) is 0.252. The molecule has 1 aromatic rings. The zero-order chi connectivity index (χ0) is 24.5. The second-order valence-corrected chi connectivity index (χ2v) is 9.25. The molecule has 0 bridgehead atoms. The third-order valence-corrected chi connectivity index (χ3v) is 5.56. The standard InChI is InChI=1S/C22H36N6O5/c1-12(2)8-16(26-19(29)15-6-5-7-24-15)20(30)27-17(9-14-10-23-11-25-14)21(31)28-18(13(3)4)22(32)33/h10-13,15-18,24H,5-9H2,1-4H3,(H,23,25)(H,26,29)(H,27,30)(H,28,31)(H,32,33). The lowest BCUT2D eigenvalue weighted by Crippen LogP contribution is -2.58. The summed E-state index contributed by atoms with van der Waals surface area (Å²) in [5.41, 5.74) is 0.603. The van der Waals surface area contributed by atoms with E-state index in [9.17, 15) is 24.3 Å². The predicted octanol–water partition coefficient (Wildman–Crippen LogP) is -0.0547. The van der Waals surface area contributed by atoms with Crippen LogP contribution in [0.3, 0.4) is 0 Å². The van der Waals surface area contributed by atoms with E-state index in [1.807, 2.05) is 13.8 Å². The van der Waals surface area contributed by atoms with Gasteiger partial charge in [0.05, 0.1) is 12.4 Å². The first-order chi connectivity index (χ1) is 15.6. The van der Waals surface area contributed by atoms with Gasteiger partial charge < -0.3 is 31.4 Å². The number of aliphatic carboxylic acids is 1. The van der Waals surface area contributed by atoms with Gasteiger partial charge in [-0.1, -0.05) is 27.7 Å². The van der Waals surface area contributed by atoms with Crippen molar-refractivity contribution in [3.05, 3.63) is 18.2 Å². The molecule has 33 heavy (non-hydrogen) atoms. The van der Waals surface area contributed by atoms with Gasteiger partial charge in [0.1, 0.15) is 18.1 Å². The molecule has 2 heterocycles. The molecule has 0 aromatic carbocycles. The number of hydrogen-bond donors (Lipinski definition) is 6. The molecular weight excluding hydrogens is 428 g/mol. The Balaban J connectivity index is 2.16.